The summed E-state index contributed by atoms with van der Waals surface area (Å²) in [5.74, 6) is -1.45. The van der Waals surface area contributed by atoms with Crippen LogP contribution < -0.4 is 0 Å². The van der Waals surface area contributed by atoms with E-state index >= 15 is 0 Å². The van der Waals surface area contributed by atoms with Crippen LogP contribution in [0.5, 0.6) is 0 Å². The Labute approximate surface area is 203 Å². The fourth-order valence-electron chi connectivity index (χ4n) is 3.85. The number of fused-ring (bicyclic) bond motifs is 1. The number of rotatable bonds is 6. The van der Waals surface area contributed by atoms with Gasteiger partial charge < -0.3 is 5.11 Å². The number of nitrogens with zero attached hydrogens (tertiary/aromatic N) is 2. The molecule has 4 rings (SSSR count). The predicted molar refractivity (Wildman–Crippen MR) is 136 cm³/mol. The number of aliphatic carboxylic acids is 1. The molecule has 6 heteroatoms. The molecule has 0 aliphatic carbocycles. The summed E-state index contributed by atoms with van der Waals surface area (Å²) in [6.07, 6.45) is 0.201. The van der Waals surface area contributed by atoms with Gasteiger partial charge in [0.1, 0.15) is 11.0 Å². The summed E-state index contributed by atoms with van der Waals surface area (Å²) in [4.78, 5) is 26.2. The monoisotopic (exact) mass is 470 g/mol. The number of carbonyl (C=O) groups excluding carboxylic acids is 1. The molecule has 172 valence electrons. The predicted octanol–water partition coefficient (Wildman–Crippen LogP) is 6.26. The van der Waals surface area contributed by atoms with Crippen LogP contribution in [0, 0.1) is 6.92 Å². The van der Waals surface area contributed by atoms with Gasteiger partial charge in [-0.05, 0) is 41.2 Å². The summed E-state index contributed by atoms with van der Waals surface area (Å²) in [5, 5.41) is 10.2. The second kappa shape index (κ2) is 9.31. The maximum absolute atomic E-state index is 13.7. The van der Waals surface area contributed by atoms with Crippen molar-refractivity contribution in [2.75, 3.05) is 0 Å². The molecule has 0 radical (unpaired) electrons. The lowest BCUT2D eigenvalue weighted by Crippen LogP contribution is -2.14. The highest BCUT2D eigenvalue weighted by atomic mass is 32.1. The number of ketones is 1. The van der Waals surface area contributed by atoms with Gasteiger partial charge in [0.2, 0.25) is 0 Å². The molecule has 3 aromatic carbocycles. The number of aryl methyl sites for hydroxylation is 1. The lowest BCUT2D eigenvalue weighted by Gasteiger charge is -2.19. The second-order valence-electron chi connectivity index (χ2n) is 9.45. The van der Waals surface area contributed by atoms with E-state index in [-0.39, 0.29) is 28.8 Å². The van der Waals surface area contributed by atoms with Gasteiger partial charge in [-0.2, -0.15) is 8.75 Å². The summed E-state index contributed by atoms with van der Waals surface area (Å²) in [5.41, 5.74) is 5.50. The Balaban J connectivity index is 1.87. The molecule has 1 aromatic heterocycles. The molecule has 34 heavy (non-hydrogen) atoms. The van der Waals surface area contributed by atoms with Gasteiger partial charge in [-0.15, -0.1) is 0 Å². The van der Waals surface area contributed by atoms with E-state index in [1.807, 2.05) is 43.3 Å². The van der Waals surface area contributed by atoms with Crippen molar-refractivity contribution in [3.8, 4) is 0 Å². The van der Waals surface area contributed by atoms with Crippen LogP contribution in [0.1, 0.15) is 53.4 Å². The molecule has 0 unspecified atom stereocenters. The average Bonchev–Trinajstić information content (AvgIpc) is 3.26. The molecule has 4 aromatic rings. The van der Waals surface area contributed by atoms with Crippen LogP contribution in [0.15, 0.2) is 72.3 Å². The zero-order chi connectivity index (χ0) is 24.5. The van der Waals surface area contributed by atoms with Gasteiger partial charge in [-0.25, -0.2) is 4.79 Å². The molecule has 0 spiro atoms. The topological polar surface area (TPSA) is 80.2 Å². The number of carboxylic acids is 1. The fraction of sp³-hybridized carbons (Fsp3) is 0.214. The number of carboxylic acid groups (broad SMARTS) is 1. The van der Waals surface area contributed by atoms with E-state index in [4.69, 9.17) is 0 Å². The molecular weight excluding hydrogens is 444 g/mol. The van der Waals surface area contributed by atoms with Gasteiger partial charge in [0.25, 0.3) is 0 Å². The summed E-state index contributed by atoms with van der Waals surface area (Å²) in [7, 11) is 0. The maximum atomic E-state index is 13.7. The van der Waals surface area contributed by atoms with Crippen LogP contribution in [0.2, 0.25) is 0 Å². The van der Waals surface area contributed by atoms with E-state index in [1.54, 1.807) is 30.3 Å². The highest BCUT2D eigenvalue weighted by Crippen LogP contribution is 2.29. The first-order valence-corrected chi connectivity index (χ1v) is 11.8. The lowest BCUT2D eigenvalue weighted by atomic mass is 9.85. The van der Waals surface area contributed by atoms with E-state index < -0.39 is 5.97 Å². The van der Waals surface area contributed by atoms with E-state index in [2.05, 4.69) is 29.5 Å². The van der Waals surface area contributed by atoms with E-state index in [9.17, 15) is 14.7 Å². The molecular formula is C28H26N2O3S. The quantitative estimate of drug-likeness (QED) is 0.266. The Morgan fingerprint density at radius 1 is 0.853 bits per heavy atom. The number of hydrogen-bond acceptors (Lipinski definition) is 5. The smallest absolute Gasteiger partial charge is 0.336 e. The van der Waals surface area contributed by atoms with Crippen LogP contribution in [-0.2, 0) is 16.6 Å². The van der Waals surface area contributed by atoms with Crippen molar-refractivity contribution >= 4 is 40.1 Å². The molecule has 0 fully saturated rings. The van der Waals surface area contributed by atoms with E-state index in [1.165, 1.54) is 5.56 Å². The van der Waals surface area contributed by atoms with Crippen molar-refractivity contribution in [2.45, 2.75) is 39.5 Å². The average molecular weight is 471 g/mol. The second-order valence-corrected chi connectivity index (χ2v) is 9.97. The Morgan fingerprint density at radius 3 is 2.09 bits per heavy atom. The zero-order valence-electron chi connectivity index (χ0n) is 19.6. The van der Waals surface area contributed by atoms with E-state index in [0.29, 0.717) is 22.2 Å². The molecule has 0 bridgehead atoms. The van der Waals surface area contributed by atoms with Gasteiger partial charge >= 0.3 is 5.97 Å². The molecule has 0 atom stereocenters. The van der Waals surface area contributed by atoms with Crippen molar-refractivity contribution in [3.05, 3.63) is 100 Å². The van der Waals surface area contributed by atoms with Crippen molar-refractivity contribution in [3.63, 3.8) is 0 Å². The first-order chi connectivity index (χ1) is 16.1. The van der Waals surface area contributed by atoms with Gasteiger partial charge in [-0.1, -0.05) is 80.9 Å². The summed E-state index contributed by atoms with van der Waals surface area (Å²) in [6.45, 7) is 8.36. The molecule has 5 nitrogen and oxygen atoms in total. The SMILES string of the molecule is Cc1ccc(C(=O)/C(Cc2ccc(C(C)(C)C)cc2)=C(/C(=O)O)c2ccc3nsnc3c2)cc1. The molecule has 0 saturated carbocycles. The van der Waals surface area contributed by atoms with Crippen molar-refractivity contribution in [1.82, 2.24) is 8.75 Å². The minimum Gasteiger partial charge on any atom is -0.478 e. The minimum absolute atomic E-state index is 0.00186. The minimum atomic E-state index is -1.15. The van der Waals surface area contributed by atoms with Crippen LogP contribution in [0.25, 0.3) is 16.6 Å². The third kappa shape index (κ3) is 4.97. The Morgan fingerprint density at radius 2 is 1.47 bits per heavy atom. The highest BCUT2D eigenvalue weighted by molar-refractivity contribution is 7.00. The third-order valence-electron chi connectivity index (χ3n) is 5.85. The number of allylic oxidation sites excluding steroid dienone is 1. The third-order valence-corrected chi connectivity index (χ3v) is 6.40. The number of hydrogen-bond donors (Lipinski definition) is 1. The van der Waals surface area contributed by atoms with Gasteiger partial charge in [0.05, 0.1) is 17.3 Å². The van der Waals surface area contributed by atoms with Crippen molar-refractivity contribution in [2.24, 2.45) is 0 Å². The normalized spacial score (nSPS) is 12.5. The lowest BCUT2D eigenvalue weighted by molar-refractivity contribution is -0.130. The first-order valence-electron chi connectivity index (χ1n) is 11.0. The van der Waals surface area contributed by atoms with Crippen LogP contribution in [0.4, 0.5) is 0 Å². The van der Waals surface area contributed by atoms with E-state index in [0.717, 1.165) is 22.9 Å². The number of carbonyl (C=O) groups is 2. The molecule has 0 amide bonds. The number of Topliss-reactive ketones (excluding diaryl/α,β-unsaturated/α-hetero) is 1. The zero-order valence-corrected chi connectivity index (χ0v) is 20.4. The number of benzene rings is 3. The highest BCUT2D eigenvalue weighted by Gasteiger charge is 2.24. The molecule has 0 aliphatic heterocycles. The molecule has 1 heterocycles. The van der Waals surface area contributed by atoms with Gasteiger partial charge in [0, 0.05) is 17.6 Å². The van der Waals surface area contributed by atoms with Gasteiger partial charge in [-0.3, -0.25) is 4.79 Å². The molecule has 0 aliphatic rings. The fourth-order valence-corrected chi connectivity index (χ4v) is 4.37. The Hall–Kier alpha value is -3.64. The summed E-state index contributed by atoms with van der Waals surface area (Å²) < 4.78 is 8.44. The first kappa shape index (κ1) is 23.5. The van der Waals surface area contributed by atoms with Crippen LogP contribution >= 0.6 is 11.7 Å². The van der Waals surface area contributed by atoms with Crippen LogP contribution in [0.3, 0.4) is 0 Å². The number of aromatic nitrogens is 2. The van der Waals surface area contributed by atoms with Crippen molar-refractivity contribution in [1.29, 1.82) is 0 Å². The Kier molecular flexibility index (Phi) is 6.44. The summed E-state index contributed by atoms with van der Waals surface area (Å²) >= 11 is 1.07. The van der Waals surface area contributed by atoms with Crippen molar-refractivity contribution < 1.29 is 14.7 Å². The maximum Gasteiger partial charge on any atom is 0.336 e. The Bertz CT molecular complexity index is 1390. The molecule has 1 N–H and O–H groups in total. The standard InChI is InChI=1S/C28H26N2O3S/c1-17-5-9-19(10-6-17)26(31)22(15-18-7-12-21(13-8-18)28(2,3)4)25(27(32)33)20-11-14-23-24(16-20)30-34-29-23/h5-14,16H,15H2,1-4H3,(H,32,33)/b25-22+. The molecule has 0 saturated heterocycles. The largest absolute Gasteiger partial charge is 0.478 e. The summed E-state index contributed by atoms with van der Waals surface area (Å²) in [6, 6.07) is 20.3. The van der Waals surface area contributed by atoms with Gasteiger partial charge in [0.15, 0.2) is 5.78 Å². The van der Waals surface area contributed by atoms with Crippen LogP contribution in [-0.4, -0.2) is 25.6 Å².